The number of carbonyl (C=O) groups is 3. The zero-order chi connectivity index (χ0) is 12.4. The van der Waals surface area contributed by atoms with Gasteiger partial charge in [-0.2, -0.15) is 0 Å². The van der Waals surface area contributed by atoms with Crippen molar-refractivity contribution in [1.82, 2.24) is 10.6 Å². The van der Waals surface area contributed by atoms with Crippen LogP contribution in [0.2, 0.25) is 0 Å². The van der Waals surface area contributed by atoms with Crippen LogP contribution < -0.4 is 22.1 Å². The molecule has 0 spiro atoms. The highest BCUT2D eigenvalue weighted by Crippen LogP contribution is 1.73. The van der Waals surface area contributed by atoms with Crippen LogP contribution in [0.25, 0.3) is 0 Å². The molecule has 0 aromatic heterocycles. The first-order valence-electron chi connectivity index (χ1n) is 4.70. The molecule has 0 rings (SSSR count). The summed E-state index contributed by atoms with van der Waals surface area (Å²) in [6, 6.07) is 0. The van der Waals surface area contributed by atoms with Crippen LogP contribution in [0.3, 0.4) is 0 Å². The van der Waals surface area contributed by atoms with Crippen LogP contribution >= 0.6 is 0 Å². The van der Waals surface area contributed by atoms with Crippen molar-refractivity contribution in [3.8, 4) is 0 Å². The zero-order valence-electron chi connectivity index (χ0n) is 8.82. The van der Waals surface area contributed by atoms with E-state index in [1.54, 1.807) is 0 Å². The molecule has 0 fully saturated rings. The topological polar surface area (TPSA) is 137 Å². The van der Waals surface area contributed by atoms with Crippen molar-refractivity contribution in [2.45, 2.75) is 0 Å². The van der Waals surface area contributed by atoms with Crippen LogP contribution in [-0.4, -0.2) is 50.6 Å². The fourth-order valence-electron chi connectivity index (χ4n) is 0.756. The second-order valence-corrected chi connectivity index (χ2v) is 2.82. The molecule has 0 heterocycles. The van der Waals surface area contributed by atoms with Crippen LogP contribution in [0, 0.1) is 0 Å². The molecule has 8 nitrogen and oxygen atoms in total. The van der Waals surface area contributed by atoms with E-state index in [-0.39, 0.29) is 32.8 Å². The summed E-state index contributed by atoms with van der Waals surface area (Å²) in [7, 11) is 0. The molecule has 0 aromatic rings. The van der Waals surface area contributed by atoms with Crippen molar-refractivity contribution >= 4 is 17.7 Å². The van der Waals surface area contributed by atoms with Crippen molar-refractivity contribution < 1.29 is 19.1 Å². The summed E-state index contributed by atoms with van der Waals surface area (Å²) in [5, 5.41) is 4.60. The smallest absolute Gasteiger partial charge is 0.309 e. The molecule has 0 aliphatic rings. The van der Waals surface area contributed by atoms with Gasteiger partial charge in [-0.3, -0.25) is 14.4 Å². The van der Waals surface area contributed by atoms with Gasteiger partial charge in [0.25, 0.3) is 0 Å². The highest BCUT2D eigenvalue weighted by Gasteiger charge is 2.10. The quantitative estimate of drug-likeness (QED) is 0.269. The molecule has 0 unspecified atom stereocenters. The lowest BCUT2D eigenvalue weighted by Gasteiger charge is -2.05. The summed E-state index contributed by atoms with van der Waals surface area (Å²) in [5.41, 5.74) is 9.95. The second kappa shape index (κ2) is 8.62. The molecule has 0 bridgehead atoms. The molecule has 8 heteroatoms. The van der Waals surface area contributed by atoms with E-state index in [0.29, 0.717) is 0 Å². The van der Waals surface area contributed by atoms with Gasteiger partial charge >= 0.3 is 11.8 Å². The average Bonchev–Trinajstić information content (AvgIpc) is 2.24. The van der Waals surface area contributed by atoms with Crippen molar-refractivity contribution in [3.05, 3.63) is 0 Å². The molecule has 0 aromatic carbocycles. The van der Waals surface area contributed by atoms with E-state index >= 15 is 0 Å². The number of rotatable bonds is 7. The molecule has 92 valence electrons. The van der Waals surface area contributed by atoms with E-state index in [4.69, 9.17) is 16.2 Å². The Hall–Kier alpha value is -1.67. The van der Waals surface area contributed by atoms with Crippen LogP contribution in [-0.2, 0) is 19.1 Å². The molecular weight excluding hydrogens is 216 g/mol. The number of ether oxygens (including phenoxy) is 1. The summed E-state index contributed by atoms with van der Waals surface area (Å²) < 4.78 is 4.77. The first-order chi connectivity index (χ1) is 7.57. The SMILES string of the molecule is NCCNC(=O)C(=O)NCCOCC(N)=O. The van der Waals surface area contributed by atoms with Gasteiger partial charge in [0.15, 0.2) is 0 Å². The molecule has 0 aliphatic heterocycles. The minimum Gasteiger partial charge on any atom is -0.370 e. The molecule has 0 atom stereocenters. The average molecular weight is 232 g/mol. The fraction of sp³-hybridized carbons (Fsp3) is 0.625. The summed E-state index contributed by atoms with van der Waals surface area (Å²) >= 11 is 0. The van der Waals surface area contributed by atoms with Gasteiger partial charge in [-0.05, 0) is 0 Å². The van der Waals surface area contributed by atoms with Gasteiger partial charge in [0, 0.05) is 19.6 Å². The highest BCUT2D eigenvalue weighted by atomic mass is 16.5. The summed E-state index contributed by atoms with van der Waals surface area (Å²) in [6.07, 6.45) is 0. The number of nitrogens with two attached hydrogens (primary N) is 2. The van der Waals surface area contributed by atoms with Gasteiger partial charge in [0.2, 0.25) is 5.91 Å². The van der Waals surface area contributed by atoms with E-state index in [9.17, 15) is 14.4 Å². The van der Waals surface area contributed by atoms with Crippen molar-refractivity contribution in [2.75, 3.05) is 32.8 Å². The Bertz CT molecular complexity index is 256. The summed E-state index contributed by atoms with van der Waals surface area (Å²) in [4.78, 5) is 32.3. The van der Waals surface area contributed by atoms with E-state index in [1.807, 2.05) is 0 Å². The number of nitrogens with one attached hydrogen (secondary N) is 2. The Labute approximate surface area is 92.7 Å². The van der Waals surface area contributed by atoms with Crippen molar-refractivity contribution in [3.63, 3.8) is 0 Å². The maximum absolute atomic E-state index is 11.0. The maximum Gasteiger partial charge on any atom is 0.309 e. The van der Waals surface area contributed by atoms with E-state index < -0.39 is 17.7 Å². The maximum atomic E-state index is 11.0. The molecule has 0 saturated carbocycles. The number of carbonyl (C=O) groups excluding carboxylic acids is 3. The van der Waals surface area contributed by atoms with Gasteiger partial charge in [0.1, 0.15) is 6.61 Å². The standard InChI is InChI=1S/C8H16N4O4/c9-1-2-11-7(14)8(15)12-3-4-16-5-6(10)13/h1-5,9H2,(H2,10,13)(H,11,14)(H,12,15). The third-order valence-electron chi connectivity index (χ3n) is 1.41. The lowest BCUT2D eigenvalue weighted by atomic mass is 10.5. The second-order valence-electron chi connectivity index (χ2n) is 2.82. The fourth-order valence-corrected chi connectivity index (χ4v) is 0.756. The Morgan fingerprint density at radius 3 is 2.12 bits per heavy atom. The highest BCUT2D eigenvalue weighted by molar-refractivity contribution is 6.35. The predicted octanol–water partition coefficient (Wildman–Crippen LogP) is -3.32. The molecule has 3 amide bonds. The lowest BCUT2D eigenvalue weighted by Crippen LogP contribution is -2.42. The summed E-state index contributed by atoms with van der Waals surface area (Å²) in [6.45, 7) is 0.529. The van der Waals surface area contributed by atoms with Gasteiger partial charge < -0.3 is 26.8 Å². The largest absolute Gasteiger partial charge is 0.370 e. The minimum absolute atomic E-state index is 0.110. The van der Waals surface area contributed by atoms with Gasteiger partial charge in [-0.25, -0.2) is 0 Å². The van der Waals surface area contributed by atoms with Gasteiger partial charge in [-0.15, -0.1) is 0 Å². The van der Waals surface area contributed by atoms with Gasteiger partial charge in [0.05, 0.1) is 6.61 Å². The first-order valence-corrected chi connectivity index (χ1v) is 4.70. The van der Waals surface area contributed by atoms with E-state index in [2.05, 4.69) is 10.6 Å². The van der Waals surface area contributed by atoms with Crippen LogP contribution in [0.15, 0.2) is 0 Å². The molecule has 0 radical (unpaired) electrons. The number of primary amides is 1. The molecule has 16 heavy (non-hydrogen) atoms. The predicted molar refractivity (Wildman–Crippen MR) is 55.1 cm³/mol. The Morgan fingerprint density at radius 1 is 1.06 bits per heavy atom. The third-order valence-corrected chi connectivity index (χ3v) is 1.41. The van der Waals surface area contributed by atoms with Crippen molar-refractivity contribution in [1.29, 1.82) is 0 Å². The Kier molecular flexibility index (Phi) is 7.72. The third kappa shape index (κ3) is 7.71. The first kappa shape index (κ1) is 14.3. The number of amides is 3. The molecule has 0 aliphatic carbocycles. The molecule has 6 N–H and O–H groups in total. The lowest BCUT2D eigenvalue weighted by molar-refractivity contribution is -0.139. The van der Waals surface area contributed by atoms with Crippen LogP contribution in [0.1, 0.15) is 0 Å². The minimum atomic E-state index is -0.767. The van der Waals surface area contributed by atoms with E-state index in [0.717, 1.165) is 0 Å². The van der Waals surface area contributed by atoms with Gasteiger partial charge in [-0.1, -0.05) is 0 Å². The summed E-state index contributed by atoms with van der Waals surface area (Å²) in [5.74, 6) is -2.11. The van der Waals surface area contributed by atoms with Crippen molar-refractivity contribution in [2.24, 2.45) is 11.5 Å². The number of hydrogen-bond donors (Lipinski definition) is 4. The zero-order valence-corrected chi connectivity index (χ0v) is 8.82. The van der Waals surface area contributed by atoms with E-state index in [1.165, 1.54) is 0 Å². The number of hydrogen-bond acceptors (Lipinski definition) is 5. The monoisotopic (exact) mass is 232 g/mol. The Morgan fingerprint density at radius 2 is 1.62 bits per heavy atom. The molecule has 0 saturated heterocycles. The van der Waals surface area contributed by atoms with Crippen LogP contribution in [0.5, 0.6) is 0 Å². The van der Waals surface area contributed by atoms with Crippen LogP contribution in [0.4, 0.5) is 0 Å². The Balaban J connectivity index is 3.49. The molecular formula is C8H16N4O4. The normalized spacial score (nSPS) is 9.56.